The number of primary amides is 1. The van der Waals surface area contributed by atoms with Gasteiger partial charge in [-0.1, -0.05) is 12.1 Å². The molecular formula is C23H22F4N6O4. The lowest BCUT2D eigenvalue weighted by Crippen LogP contribution is -2.49. The van der Waals surface area contributed by atoms with Crippen LogP contribution in [0.2, 0.25) is 0 Å². The van der Waals surface area contributed by atoms with Crippen molar-refractivity contribution in [2.45, 2.75) is 31.5 Å². The van der Waals surface area contributed by atoms with Gasteiger partial charge in [-0.25, -0.2) is 4.39 Å². The SMILES string of the molecule is Cn1cc(-c2cc(C(N)=O)c(O[C@@H]3CCN(C(=O)Cc4ccc(OC(F)(F)F)cc4)C[C@@H]3F)nn2)cn1. The lowest BCUT2D eigenvalue weighted by molar-refractivity contribution is -0.274. The molecule has 10 nitrogen and oxygen atoms in total. The normalized spacial score (nSPS) is 17.9. The molecule has 0 radical (unpaired) electrons. The number of hydrogen-bond donors (Lipinski definition) is 1. The molecule has 1 fully saturated rings. The van der Waals surface area contributed by atoms with Crippen LogP contribution < -0.4 is 15.2 Å². The zero-order valence-corrected chi connectivity index (χ0v) is 19.5. The predicted octanol–water partition coefficient (Wildman–Crippen LogP) is 2.44. The van der Waals surface area contributed by atoms with Gasteiger partial charge in [0.05, 0.1) is 24.9 Å². The number of benzene rings is 1. The Morgan fingerprint density at radius 1 is 1.19 bits per heavy atom. The van der Waals surface area contributed by atoms with E-state index in [4.69, 9.17) is 10.5 Å². The van der Waals surface area contributed by atoms with Crippen LogP contribution in [0.4, 0.5) is 17.6 Å². The Hall–Kier alpha value is -4.23. The van der Waals surface area contributed by atoms with Gasteiger partial charge >= 0.3 is 6.36 Å². The topological polar surface area (TPSA) is 125 Å². The van der Waals surface area contributed by atoms with E-state index in [0.29, 0.717) is 16.8 Å². The molecule has 2 amide bonds. The third-order valence-electron chi connectivity index (χ3n) is 5.64. The Balaban J connectivity index is 1.37. The molecule has 2 aromatic heterocycles. The summed E-state index contributed by atoms with van der Waals surface area (Å²) in [4.78, 5) is 25.9. The van der Waals surface area contributed by atoms with Gasteiger partial charge in [0.2, 0.25) is 11.8 Å². The van der Waals surface area contributed by atoms with E-state index in [-0.39, 0.29) is 37.4 Å². The molecule has 1 aliphatic heterocycles. The van der Waals surface area contributed by atoms with Gasteiger partial charge in [-0.05, 0) is 23.8 Å². The number of likely N-dealkylation sites (tertiary alicyclic amines) is 1. The van der Waals surface area contributed by atoms with Crippen molar-refractivity contribution in [1.29, 1.82) is 0 Å². The van der Waals surface area contributed by atoms with Crippen LogP contribution in [0.3, 0.4) is 0 Å². The third-order valence-corrected chi connectivity index (χ3v) is 5.64. The number of alkyl halides is 4. The summed E-state index contributed by atoms with van der Waals surface area (Å²) in [5, 5.41) is 12.0. The van der Waals surface area contributed by atoms with E-state index in [1.165, 1.54) is 29.3 Å². The summed E-state index contributed by atoms with van der Waals surface area (Å²) in [5.74, 6) is -1.85. The summed E-state index contributed by atoms with van der Waals surface area (Å²) in [6.07, 6.45) is -4.23. The van der Waals surface area contributed by atoms with E-state index in [1.807, 2.05) is 0 Å². The number of amides is 2. The highest BCUT2D eigenvalue weighted by Crippen LogP contribution is 2.26. The van der Waals surface area contributed by atoms with Crippen molar-refractivity contribution in [3.05, 3.63) is 53.9 Å². The first-order valence-corrected chi connectivity index (χ1v) is 11.1. The molecule has 2 atom stereocenters. The molecule has 37 heavy (non-hydrogen) atoms. The van der Waals surface area contributed by atoms with E-state index < -0.39 is 36.2 Å². The van der Waals surface area contributed by atoms with Crippen molar-refractivity contribution >= 4 is 11.8 Å². The van der Waals surface area contributed by atoms with Crippen LogP contribution >= 0.6 is 0 Å². The standard InChI is InChI=1S/C23H22F4N6O4/c1-32-11-14(10-29-32)18-9-16(21(28)35)22(31-30-18)36-19-6-7-33(12-17(19)24)20(34)8-13-2-4-15(5-3-13)37-23(25,26)27/h2-5,9-11,17,19H,6-8,12H2,1H3,(H2,28,35)/t17-,19+/m0/s1. The Bertz CT molecular complexity index is 1280. The quantitative estimate of drug-likeness (QED) is 0.473. The summed E-state index contributed by atoms with van der Waals surface area (Å²) in [6, 6.07) is 6.26. The van der Waals surface area contributed by atoms with Crippen LogP contribution in [0.1, 0.15) is 22.3 Å². The predicted molar refractivity (Wildman–Crippen MR) is 120 cm³/mol. The first kappa shape index (κ1) is 25.9. The van der Waals surface area contributed by atoms with E-state index >= 15 is 0 Å². The van der Waals surface area contributed by atoms with E-state index in [1.54, 1.807) is 17.9 Å². The van der Waals surface area contributed by atoms with Crippen molar-refractivity contribution in [1.82, 2.24) is 24.9 Å². The van der Waals surface area contributed by atoms with Crippen LogP contribution in [0.25, 0.3) is 11.3 Å². The van der Waals surface area contributed by atoms with Gasteiger partial charge in [0.25, 0.3) is 5.91 Å². The molecule has 1 saturated heterocycles. The fraction of sp³-hybridized carbons (Fsp3) is 0.348. The van der Waals surface area contributed by atoms with Gasteiger partial charge < -0.3 is 20.1 Å². The second-order valence-corrected chi connectivity index (χ2v) is 8.38. The smallest absolute Gasteiger partial charge is 0.469 e. The van der Waals surface area contributed by atoms with Crippen LogP contribution in [0.15, 0.2) is 42.7 Å². The molecule has 3 aromatic rings. The molecule has 0 bridgehead atoms. The van der Waals surface area contributed by atoms with Crippen molar-refractivity contribution < 1.29 is 36.6 Å². The molecule has 0 aliphatic carbocycles. The maximum Gasteiger partial charge on any atom is 0.573 e. The number of carbonyl (C=O) groups is 2. The third kappa shape index (κ3) is 6.51. The van der Waals surface area contributed by atoms with Crippen molar-refractivity contribution in [3.63, 3.8) is 0 Å². The van der Waals surface area contributed by atoms with Crippen LogP contribution in [-0.4, -0.2) is 68.4 Å². The molecule has 196 valence electrons. The van der Waals surface area contributed by atoms with Gasteiger partial charge in [-0.15, -0.1) is 23.4 Å². The molecule has 0 unspecified atom stereocenters. The number of rotatable bonds is 7. The molecule has 2 N–H and O–H groups in total. The number of aromatic nitrogens is 4. The minimum atomic E-state index is -4.81. The average molecular weight is 522 g/mol. The Morgan fingerprint density at radius 3 is 2.51 bits per heavy atom. The van der Waals surface area contributed by atoms with Crippen LogP contribution in [0.5, 0.6) is 11.6 Å². The number of nitrogens with zero attached hydrogens (tertiary/aromatic N) is 5. The maximum absolute atomic E-state index is 15.0. The largest absolute Gasteiger partial charge is 0.573 e. The van der Waals surface area contributed by atoms with Gasteiger partial charge in [0, 0.05) is 31.8 Å². The van der Waals surface area contributed by atoms with Crippen molar-refractivity contribution in [2.75, 3.05) is 13.1 Å². The fourth-order valence-electron chi connectivity index (χ4n) is 3.82. The summed E-state index contributed by atoms with van der Waals surface area (Å²) in [7, 11) is 1.71. The Labute approximate surface area is 208 Å². The maximum atomic E-state index is 15.0. The summed E-state index contributed by atoms with van der Waals surface area (Å²) >= 11 is 0. The number of aryl methyl sites for hydroxylation is 1. The van der Waals surface area contributed by atoms with E-state index in [2.05, 4.69) is 20.0 Å². The number of carbonyl (C=O) groups excluding carboxylic acids is 2. The van der Waals surface area contributed by atoms with Crippen molar-refractivity contribution in [2.24, 2.45) is 12.8 Å². The van der Waals surface area contributed by atoms with Crippen LogP contribution in [0, 0.1) is 0 Å². The zero-order valence-electron chi connectivity index (χ0n) is 19.5. The number of ether oxygens (including phenoxy) is 2. The monoisotopic (exact) mass is 522 g/mol. The van der Waals surface area contributed by atoms with Gasteiger partial charge in [0.15, 0.2) is 6.17 Å². The number of nitrogens with two attached hydrogens (primary N) is 1. The lowest BCUT2D eigenvalue weighted by Gasteiger charge is -2.34. The summed E-state index contributed by atoms with van der Waals surface area (Å²) in [5.41, 5.74) is 6.78. The highest BCUT2D eigenvalue weighted by Gasteiger charge is 2.34. The van der Waals surface area contributed by atoms with Crippen molar-refractivity contribution in [3.8, 4) is 22.9 Å². The lowest BCUT2D eigenvalue weighted by atomic mass is 10.0. The second kappa shape index (κ2) is 10.4. The van der Waals surface area contributed by atoms with E-state index in [9.17, 15) is 27.2 Å². The molecule has 1 aromatic carbocycles. The van der Waals surface area contributed by atoms with Gasteiger partial charge in [-0.3, -0.25) is 14.3 Å². The first-order valence-electron chi connectivity index (χ1n) is 11.1. The van der Waals surface area contributed by atoms with Gasteiger partial charge in [0.1, 0.15) is 17.4 Å². The number of hydrogen-bond acceptors (Lipinski definition) is 7. The Kier molecular flexibility index (Phi) is 7.27. The molecule has 1 aliphatic rings. The molecular weight excluding hydrogens is 500 g/mol. The molecule has 14 heteroatoms. The highest BCUT2D eigenvalue weighted by atomic mass is 19.4. The second-order valence-electron chi connectivity index (χ2n) is 8.38. The summed E-state index contributed by atoms with van der Waals surface area (Å²) in [6.45, 7) is -0.113. The highest BCUT2D eigenvalue weighted by molar-refractivity contribution is 5.95. The minimum Gasteiger partial charge on any atom is -0.469 e. The molecule has 3 heterocycles. The average Bonchev–Trinajstić information content (AvgIpc) is 3.27. The zero-order chi connectivity index (χ0) is 26.7. The summed E-state index contributed by atoms with van der Waals surface area (Å²) < 4.78 is 62.8. The number of halogens is 4. The molecule has 0 saturated carbocycles. The van der Waals surface area contributed by atoms with E-state index in [0.717, 1.165) is 12.1 Å². The fourth-order valence-corrected chi connectivity index (χ4v) is 3.82. The number of piperidine rings is 1. The molecule has 0 spiro atoms. The first-order chi connectivity index (χ1) is 17.5. The van der Waals surface area contributed by atoms with Crippen LogP contribution in [-0.2, 0) is 18.3 Å². The van der Waals surface area contributed by atoms with Gasteiger partial charge in [-0.2, -0.15) is 5.10 Å². The minimum absolute atomic E-state index is 0.0718. The molecule has 4 rings (SSSR count). The Morgan fingerprint density at radius 2 is 1.92 bits per heavy atom.